The summed E-state index contributed by atoms with van der Waals surface area (Å²) in [6, 6.07) is 6.13. The van der Waals surface area contributed by atoms with E-state index in [0.717, 1.165) is 25.7 Å². The van der Waals surface area contributed by atoms with Crippen LogP contribution >= 0.6 is 11.6 Å². The number of sulfonamides is 1. The highest BCUT2D eigenvalue weighted by Gasteiger charge is 2.25. The Balaban J connectivity index is 2.16. The minimum atomic E-state index is -3.62. The van der Waals surface area contributed by atoms with Crippen molar-refractivity contribution in [2.45, 2.75) is 43.5 Å². The number of hydrogen-bond donors (Lipinski definition) is 1. The van der Waals surface area contributed by atoms with Crippen LogP contribution in [0.15, 0.2) is 23.1 Å². The van der Waals surface area contributed by atoms with Crippen LogP contribution in [0.25, 0.3) is 0 Å². The van der Waals surface area contributed by atoms with Gasteiger partial charge in [0.05, 0.1) is 16.7 Å². The maximum Gasteiger partial charge on any atom is 0.242 e. The van der Waals surface area contributed by atoms with Gasteiger partial charge in [0.25, 0.3) is 0 Å². The molecule has 1 fully saturated rings. The summed E-state index contributed by atoms with van der Waals surface area (Å²) in [6.07, 6.45) is 3.78. The number of benzene rings is 1. The Morgan fingerprint density at radius 2 is 1.95 bits per heavy atom. The number of rotatable bonds is 3. The van der Waals surface area contributed by atoms with E-state index in [0.29, 0.717) is 11.5 Å². The molecular weight excluding hydrogens is 296 g/mol. The highest BCUT2D eigenvalue weighted by atomic mass is 35.5. The molecule has 0 spiro atoms. The van der Waals surface area contributed by atoms with Gasteiger partial charge in [-0.15, -0.1) is 0 Å². The number of nitrogens with one attached hydrogen (secondary N) is 1. The summed E-state index contributed by atoms with van der Waals surface area (Å²) in [4.78, 5) is 0.0387. The molecule has 1 saturated carbocycles. The molecule has 0 saturated heterocycles. The Hall–Kier alpha value is -1.09. The molecule has 108 valence electrons. The zero-order valence-electron chi connectivity index (χ0n) is 11.3. The molecule has 2 rings (SSSR count). The lowest BCUT2D eigenvalue weighted by molar-refractivity contribution is 0.332. The lowest BCUT2D eigenvalue weighted by Gasteiger charge is -2.26. The van der Waals surface area contributed by atoms with Crippen LogP contribution in [0.2, 0.25) is 5.02 Å². The smallest absolute Gasteiger partial charge is 0.208 e. The molecule has 0 radical (unpaired) electrons. The van der Waals surface area contributed by atoms with E-state index in [1.807, 2.05) is 6.07 Å². The monoisotopic (exact) mass is 312 g/mol. The van der Waals surface area contributed by atoms with E-state index in [1.165, 1.54) is 18.2 Å². The molecule has 0 unspecified atom stereocenters. The number of nitrogens with zero attached hydrogens (tertiary/aromatic N) is 1. The summed E-state index contributed by atoms with van der Waals surface area (Å²) in [5.41, 5.74) is 0.348. The van der Waals surface area contributed by atoms with Gasteiger partial charge in [0.2, 0.25) is 10.0 Å². The van der Waals surface area contributed by atoms with E-state index >= 15 is 0 Å². The maximum atomic E-state index is 12.3. The van der Waals surface area contributed by atoms with Crippen molar-refractivity contribution in [3.63, 3.8) is 0 Å². The molecule has 1 aliphatic rings. The predicted octanol–water partition coefficient (Wildman–Crippen LogP) is 3.07. The molecule has 0 atom stereocenters. The van der Waals surface area contributed by atoms with Gasteiger partial charge in [-0.05, 0) is 49.8 Å². The summed E-state index contributed by atoms with van der Waals surface area (Å²) in [7, 11) is -3.62. The van der Waals surface area contributed by atoms with Gasteiger partial charge < -0.3 is 0 Å². The Morgan fingerprint density at radius 1 is 1.30 bits per heavy atom. The topological polar surface area (TPSA) is 70.0 Å². The minimum Gasteiger partial charge on any atom is -0.208 e. The first-order valence-corrected chi connectivity index (χ1v) is 8.50. The molecule has 0 aromatic heterocycles. The first-order chi connectivity index (χ1) is 9.42. The van der Waals surface area contributed by atoms with Gasteiger partial charge >= 0.3 is 0 Å². The van der Waals surface area contributed by atoms with Crippen LogP contribution in [0.5, 0.6) is 0 Å². The second-order valence-electron chi connectivity index (χ2n) is 5.34. The summed E-state index contributed by atoms with van der Waals surface area (Å²) >= 11 is 5.96. The van der Waals surface area contributed by atoms with Crippen LogP contribution in [0, 0.1) is 17.2 Å². The fourth-order valence-corrected chi connectivity index (χ4v) is 4.30. The lowest BCUT2D eigenvalue weighted by atomic mass is 9.88. The molecule has 0 amide bonds. The Morgan fingerprint density at radius 3 is 2.50 bits per heavy atom. The molecule has 20 heavy (non-hydrogen) atoms. The highest BCUT2D eigenvalue weighted by Crippen LogP contribution is 2.27. The first-order valence-electron chi connectivity index (χ1n) is 6.64. The number of halogens is 1. The molecule has 4 nitrogen and oxygen atoms in total. The van der Waals surface area contributed by atoms with Gasteiger partial charge in [-0.25, -0.2) is 13.1 Å². The summed E-state index contributed by atoms with van der Waals surface area (Å²) in [6.45, 7) is 2.18. The van der Waals surface area contributed by atoms with Crippen molar-refractivity contribution in [1.82, 2.24) is 4.72 Å². The van der Waals surface area contributed by atoms with Gasteiger partial charge in [-0.3, -0.25) is 0 Å². The quantitative estimate of drug-likeness (QED) is 0.932. The molecule has 1 aliphatic carbocycles. The maximum absolute atomic E-state index is 12.3. The van der Waals surface area contributed by atoms with Crippen LogP contribution in [0.4, 0.5) is 0 Å². The molecule has 1 aromatic carbocycles. The van der Waals surface area contributed by atoms with Crippen molar-refractivity contribution in [1.29, 1.82) is 5.26 Å². The van der Waals surface area contributed by atoms with Crippen LogP contribution in [0.1, 0.15) is 38.2 Å². The third-order valence-corrected chi connectivity index (χ3v) is 5.69. The van der Waals surface area contributed by atoms with Crippen LogP contribution in [-0.4, -0.2) is 14.5 Å². The molecule has 1 N–H and O–H groups in total. The molecule has 1 aromatic rings. The second kappa shape index (κ2) is 6.13. The zero-order chi connectivity index (χ0) is 14.8. The van der Waals surface area contributed by atoms with Crippen LogP contribution in [-0.2, 0) is 10.0 Å². The van der Waals surface area contributed by atoms with Crippen molar-refractivity contribution < 1.29 is 8.42 Å². The van der Waals surface area contributed by atoms with Crippen molar-refractivity contribution in [3.8, 4) is 6.07 Å². The highest BCUT2D eigenvalue weighted by molar-refractivity contribution is 7.89. The van der Waals surface area contributed by atoms with E-state index in [2.05, 4.69) is 11.6 Å². The van der Waals surface area contributed by atoms with Crippen molar-refractivity contribution in [3.05, 3.63) is 28.8 Å². The summed E-state index contributed by atoms with van der Waals surface area (Å²) < 4.78 is 27.4. The van der Waals surface area contributed by atoms with E-state index in [4.69, 9.17) is 16.9 Å². The first kappa shape index (κ1) is 15.3. The molecule has 0 bridgehead atoms. The number of nitriles is 1. The predicted molar refractivity (Wildman–Crippen MR) is 77.9 cm³/mol. The SMILES string of the molecule is CC1CCC(NS(=O)(=O)c2ccc(C#N)cc2Cl)CC1. The van der Waals surface area contributed by atoms with E-state index in [1.54, 1.807) is 0 Å². The Bertz CT molecular complexity index is 629. The largest absolute Gasteiger partial charge is 0.242 e. The van der Waals surface area contributed by atoms with E-state index < -0.39 is 10.0 Å². The third-order valence-electron chi connectivity index (χ3n) is 3.69. The zero-order valence-corrected chi connectivity index (χ0v) is 12.8. The molecule has 0 aliphatic heterocycles. The summed E-state index contributed by atoms with van der Waals surface area (Å²) in [5, 5.41) is 8.85. The van der Waals surface area contributed by atoms with Crippen molar-refractivity contribution in [2.75, 3.05) is 0 Å². The van der Waals surface area contributed by atoms with Crippen LogP contribution < -0.4 is 4.72 Å². The van der Waals surface area contributed by atoms with Gasteiger partial charge in [0.15, 0.2) is 0 Å². The minimum absolute atomic E-state index is 0.0251. The van der Waals surface area contributed by atoms with E-state index in [9.17, 15) is 8.42 Å². The van der Waals surface area contributed by atoms with Gasteiger partial charge in [0.1, 0.15) is 4.90 Å². The summed E-state index contributed by atoms with van der Waals surface area (Å²) in [5.74, 6) is 0.661. The van der Waals surface area contributed by atoms with E-state index in [-0.39, 0.29) is 16.0 Å². The molecule has 6 heteroatoms. The Labute approximate surface area is 124 Å². The second-order valence-corrected chi connectivity index (χ2v) is 7.42. The molecule has 0 heterocycles. The fraction of sp³-hybridized carbons (Fsp3) is 0.500. The van der Waals surface area contributed by atoms with Gasteiger partial charge in [-0.1, -0.05) is 18.5 Å². The third kappa shape index (κ3) is 3.51. The average Bonchev–Trinajstić information content (AvgIpc) is 2.40. The average molecular weight is 313 g/mol. The van der Waals surface area contributed by atoms with Crippen molar-refractivity contribution in [2.24, 2.45) is 5.92 Å². The standard InChI is InChI=1S/C14H17ClN2O2S/c1-10-2-5-12(6-3-10)17-20(18,19)14-7-4-11(9-16)8-13(14)15/h4,7-8,10,12,17H,2-3,5-6H2,1H3. The van der Waals surface area contributed by atoms with Crippen molar-refractivity contribution >= 4 is 21.6 Å². The lowest BCUT2D eigenvalue weighted by Crippen LogP contribution is -2.37. The fourth-order valence-electron chi connectivity index (χ4n) is 2.45. The van der Waals surface area contributed by atoms with Gasteiger partial charge in [-0.2, -0.15) is 5.26 Å². The normalized spacial score (nSPS) is 23.2. The molecular formula is C14H17ClN2O2S. The van der Waals surface area contributed by atoms with Crippen LogP contribution in [0.3, 0.4) is 0 Å². The Kier molecular flexibility index (Phi) is 4.69. The number of hydrogen-bond acceptors (Lipinski definition) is 3. The van der Waals surface area contributed by atoms with Gasteiger partial charge in [0, 0.05) is 6.04 Å².